The van der Waals surface area contributed by atoms with Gasteiger partial charge in [0.1, 0.15) is 5.75 Å². The fourth-order valence-electron chi connectivity index (χ4n) is 2.29. The third-order valence-corrected chi connectivity index (χ3v) is 4.24. The van der Waals surface area contributed by atoms with Gasteiger partial charge in [0.15, 0.2) is 0 Å². The molecule has 1 aromatic carbocycles. The van der Waals surface area contributed by atoms with Gasteiger partial charge < -0.3 is 4.74 Å². The fraction of sp³-hybridized carbons (Fsp3) is 0.500. The Kier molecular flexibility index (Phi) is 4.84. The fourth-order valence-corrected chi connectivity index (χ4v) is 3.09. The summed E-state index contributed by atoms with van der Waals surface area (Å²) < 4.78 is 6.41. The lowest BCUT2D eigenvalue weighted by Gasteiger charge is -2.29. The number of piperidine rings is 1. The normalized spacial score (nSPS) is 17.4. The van der Waals surface area contributed by atoms with E-state index in [1.807, 2.05) is 6.07 Å². The summed E-state index contributed by atoms with van der Waals surface area (Å²) in [4.78, 5) is 2.42. The van der Waals surface area contributed by atoms with Crippen LogP contribution in [0.15, 0.2) is 18.2 Å². The molecule has 18 heavy (non-hydrogen) atoms. The van der Waals surface area contributed by atoms with Crippen LogP contribution in [-0.2, 0) is 6.54 Å². The predicted octanol–water partition coefficient (Wildman–Crippen LogP) is 3.04. The largest absolute Gasteiger partial charge is 0.496 e. The molecule has 0 radical (unpaired) electrons. The molecule has 0 unspecified atom stereocenters. The molecule has 4 heteroatoms. The van der Waals surface area contributed by atoms with Gasteiger partial charge >= 0.3 is 0 Å². The maximum Gasteiger partial charge on any atom is 0.132 e. The Balaban J connectivity index is 1.94. The Labute approximate surface area is 122 Å². The van der Waals surface area contributed by atoms with Gasteiger partial charge in [0.25, 0.3) is 0 Å². The van der Waals surface area contributed by atoms with Crippen LogP contribution in [-0.4, -0.2) is 25.1 Å². The molecule has 3 nitrogen and oxygen atoms in total. The number of methoxy groups -OCH3 is 1. The van der Waals surface area contributed by atoms with Crippen molar-refractivity contribution in [2.45, 2.75) is 19.4 Å². The first-order valence-corrected chi connectivity index (χ1v) is 7.25. The predicted molar refractivity (Wildman–Crippen MR) is 79.3 cm³/mol. The molecule has 0 amide bonds. The number of likely N-dealkylation sites (tertiary alicyclic amines) is 1. The molecule has 1 aliphatic heterocycles. The van der Waals surface area contributed by atoms with Crippen molar-refractivity contribution in [2.75, 3.05) is 20.2 Å². The second-order valence-electron chi connectivity index (χ2n) is 4.65. The van der Waals surface area contributed by atoms with E-state index in [-0.39, 0.29) is 5.92 Å². The number of hydrogen-bond acceptors (Lipinski definition) is 3. The maximum absolute atomic E-state index is 8.88. The van der Waals surface area contributed by atoms with E-state index in [1.165, 1.54) is 5.56 Å². The van der Waals surface area contributed by atoms with Crippen LogP contribution in [0.4, 0.5) is 0 Å². The molecule has 0 bridgehead atoms. The van der Waals surface area contributed by atoms with Crippen molar-refractivity contribution in [1.82, 2.24) is 4.90 Å². The summed E-state index contributed by atoms with van der Waals surface area (Å²) in [7, 11) is 1.70. The van der Waals surface area contributed by atoms with Gasteiger partial charge in [-0.05, 0) is 66.2 Å². The van der Waals surface area contributed by atoms with Crippen LogP contribution >= 0.6 is 22.6 Å². The number of ether oxygens (including phenoxy) is 1. The molecule has 0 saturated carbocycles. The number of halogens is 1. The van der Waals surface area contributed by atoms with Crippen LogP contribution in [0.1, 0.15) is 18.4 Å². The Morgan fingerprint density at radius 1 is 1.44 bits per heavy atom. The molecule has 0 N–H and O–H groups in total. The second-order valence-corrected chi connectivity index (χ2v) is 5.81. The van der Waals surface area contributed by atoms with Gasteiger partial charge in [0.05, 0.1) is 16.7 Å². The SMILES string of the molecule is COc1ccc(CN2CCC(C#N)CC2)cc1I. The minimum Gasteiger partial charge on any atom is -0.496 e. The van der Waals surface area contributed by atoms with Gasteiger partial charge in [-0.3, -0.25) is 4.90 Å². The monoisotopic (exact) mass is 356 g/mol. The van der Waals surface area contributed by atoms with Gasteiger partial charge in [-0.15, -0.1) is 0 Å². The van der Waals surface area contributed by atoms with Crippen molar-refractivity contribution < 1.29 is 4.74 Å². The highest BCUT2D eigenvalue weighted by atomic mass is 127. The third kappa shape index (κ3) is 3.36. The first kappa shape index (κ1) is 13.6. The van der Waals surface area contributed by atoms with Crippen LogP contribution in [0.25, 0.3) is 0 Å². The maximum atomic E-state index is 8.88. The standard InChI is InChI=1S/C14H17IN2O/c1-18-14-3-2-12(8-13(14)15)10-17-6-4-11(9-16)5-7-17/h2-3,8,11H,4-7,10H2,1H3. The van der Waals surface area contributed by atoms with E-state index in [0.29, 0.717) is 0 Å². The van der Waals surface area contributed by atoms with E-state index in [1.54, 1.807) is 7.11 Å². The van der Waals surface area contributed by atoms with Gasteiger partial charge in [0.2, 0.25) is 0 Å². The molecule has 1 aromatic rings. The van der Waals surface area contributed by atoms with E-state index < -0.39 is 0 Å². The third-order valence-electron chi connectivity index (χ3n) is 3.39. The van der Waals surface area contributed by atoms with Crippen molar-refractivity contribution in [1.29, 1.82) is 5.26 Å². The molecule has 0 spiro atoms. The van der Waals surface area contributed by atoms with Crippen LogP contribution in [0.2, 0.25) is 0 Å². The van der Waals surface area contributed by atoms with E-state index in [4.69, 9.17) is 10.00 Å². The molecule has 0 aliphatic carbocycles. The van der Waals surface area contributed by atoms with Crippen LogP contribution in [0, 0.1) is 20.8 Å². The van der Waals surface area contributed by atoms with Crippen molar-refractivity contribution in [3.05, 3.63) is 27.3 Å². The summed E-state index contributed by atoms with van der Waals surface area (Å²) in [5.74, 6) is 1.19. The molecule has 2 rings (SSSR count). The molecule has 1 fully saturated rings. The summed E-state index contributed by atoms with van der Waals surface area (Å²) in [5, 5.41) is 8.88. The smallest absolute Gasteiger partial charge is 0.132 e. The minimum absolute atomic E-state index is 0.261. The van der Waals surface area contributed by atoms with Gasteiger partial charge in [-0.2, -0.15) is 5.26 Å². The zero-order chi connectivity index (χ0) is 13.0. The quantitative estimate of drug-likeness (QED) is 0.782. The number of nitrogens with zero attached hydrogens (tertiary/aromatic N) is 2. The lowest BCUT2D eigenvalue weighted by Crippen LogP contribution is -2.32. The molecule has 96 valence electrons. The van der Waals surface area contributed by atoms with Crippen molar-refractivity contribution in [3.63, 3.8) is 0 Å². The number of rotatable bonds is 3. The van der Waals surface area contributed by atoms with Gasteiger partial charge in [-0.1, -0.05) is 6.07 Å². The average Bonchev–Trinajstić information content (AvgIpc) is 2.40. The summed E-state index contributed by atoms with van der Waals surface area (Å²) in [5.41, 5.74) is 1.32. The first-order valence-electron chi connectivity index (χ1n) is 6.17. The Morgan fingerprint density at radius 2 is 2.17 bits per heavy atom. The second kappa shape index (κ2) is 6.39. The molecular formula is C14H17IN2O. The lowest BCUT2D eigenvalue weighted by atomic mass is 9.98. The van der Waals surface area contributed by atoms with E-state index in [0.717, 1.165) is 41.8 Å². The first-order chi connectivity index (χ1) is 8.72. The Bertz CT molecular complexity index is 448. The topological polar surface area (TPSA) is 36.3 Å². The van der Waals surface area contributed by atoms with E-state index in [2.05, 4.69) is 45.7 Å². The lowest BCUT2D eigenvalue weighted by molar-refractivity contribution is 0.198. The Morgan fingerprint density at radius 3 is 2.72 bits per heavy atom. The van der Waals surface area contributed by atoms with E-state index >= 15 is 0 Å². The summed E-state index contributed by atoms with van der Waals surface area (Å²) >= 11 is 2.30. The minimum atomic E-state index is 0.261. The zero-order valence-corrected chi connectivity index (χ0v) is 12.7. The summed E-state index contributed by atoms with van der Waals surface area (Å²) in [6, 6.07) is 8.69. The van der Waals surface area contributed by atoms with Crippen LogP contribution in [0.3, 0.4) is 0 Å². The molecular weight excluding hydrogens is 339 g/mol. The van der Waals surface area contributed by atoms with Crippen LogP contribution in [0.5, 0.6) is 5.75 Å². The number of hydrogen-bond donors (Lipinski definition) is 0. The van der Waals surface area contributed by atoms with Crippen molar-refractivity contribution in [2.24, 2.45) is 5.92 Å². The van der Waals surface area contributed by atoms with Crippen LogP contribution < -0.4 is 4.74 Å². The molecule has 0 aromatic heterocycles. The van der Waals surface area contributed by atoms with Crippen molar-refractivity contribution >= 4 is 22.6 Å². The average molecular weight is 356 g/mol. The summed E-state index contributed by atoms with van der Waals surface area (Å²) in [6.45, 7) is 3.03. The highest BCUT2D eigenvalue weighted by Gasteiger charge is 2.18. The number of benzene rings is 1. The van der Waals surface area contributed by atoms with E-state index in [9.17, 15) is 0 Å². The zero-order valence-electron chi connectivity index (χ0n) is 10.5. The molecule has 1 aliphatic rings. The van der Waals surface area contributed by atoms with Gasteiger partial charge in [-0.25, -0.2) is 0 Å². The highest BCUT2D eigenvalue weighted by Crippen LogP contribution is 2.23. The molecule has 0 atom stereocenters. The highest BCUT2D eigenvalue weighted by molar-refractivity contribution is 14.1. The number of nitriles is 1. The molecule has 1 heterocycles. The summed E-state index contributed by atoms with van der Waals surface area (Å²) in [6.07, 6.45) is 2.01. The molecule has 1 saturated heterocycles. The van der Waals surface area contributed by atoms with Gasteiger partial charge in [0, 0.05) is 12.5 Å². The Hall–Kier alpha value is -0.800. The van der Waals surface area contributed by atoms with Crippen molar-refractivity contribution in [3.8, 4) is 11.8 Å².